The molecule has 0 spiro atoms. The summed E-state index contributed by atoms with van der Waals surface area (Å²) in [5.41, 5.74) is 1.07. The van der Waals surface area contributed by atoms with Crippen molar-refractivity contribution in [2.45, 2.75) is 27.2 Å². The van der Waals surface area contributed by atoms with Crippen molar-refractivity contribution in [1.29, 1.82) is 0 Å². The first kappa shape index (κ1) is 13.0. The molecule has 0 saturated carbocycles. The normalized spacial score (nSPS) is 10.2. The van der Waals surface area contributed by atoms with Gasteiger partial charge in [0.1, 0.15) is 6.54 Å². The van der Waals surface area contributed by atoms with Gasteiger partial charge in [-0.3, -0.25) is 4.79 Å². The van der Waals surface area contributed by atoms with Gasteiger partial charge in [-0.25, -0.2) is 4.98 Å². The van der Waals surface area contributed by atoms with Gasteiger partial charge < -0.3 is 9.64 Å². The van der Waals surface area contributed by atoms with Crippen molar-refractivity contribution in [3.63, 3.8) is 0 Å². The van der Waals surface area contributed by atoms with E-state index in [9.17, 15) is 4.79 Å². The van der Waals surface area contributed by atoms with Gasteiger partial charge in [0.15, 0.2) is 5.13 Å². The summed E-state index contributed by atoms with van der Waals surface area (Å²) in [6.07, 6.45) is 0.924. The largest absolute Gasteiger partial charge is 0.465 e. The summed E-state index contributed by atoms with van der Waals surface area (Å²) in [7, 11) is 0. The molecule has 1 heterocycles. The molecule has 0 atom stereocenters. The van der Waals surface area contributed by atoms with E-state index in [4.69, 9.17) is 4.74 Å². The van der Waals surface area contributed by atoms with Crippen LogP contribution in [0, 0.1) is 0 Å². The Morgan fingerprint density at radius 1 is 1.50 bits per heavy atom. The minimum Gasteiger partial charge on any atom is -0.465 e. The lowest BCUT2D eigenvalue weighted by Crippen LogP contribution is -2.30. The number of likely N-dealkylation sites (N-methyl/N-ethyl adjacent to an activating group) is 1. The number of aryl methyl sites for hydroxylation is 1. The molecule has 0 unspecified atom stereocenters. The molecule has 1 aromatic rings. The first-order chi connectivity index (χ1) is 7.71. The van der Waals surface area contributed by atoms with Crippen molar-refractivity contribution in [1.82, 2.24) is 4.98 Å². The van der Waals surface area contributed by atoms with Gasteiger partial charge in [0.25, 0.3) is 0 Å². The second kappa shape index (κ2) is 6.48. The maximum Gasteiger partial charge on any atom is 0.325 e. The zero-order valence-electron chi connectivity index (χ0n) is 10.0. The zero-order valence-corrected chi connectivity index (χ0v) is 10.8. The molecule has 0 saturated heterocycles. The number of ether oxygens (including phenoxy) is 1. The molecule has 0 fully saturated rings. The average molecular weight is 242 g/mol. The van der Waals surface area contributed by atoms with E-state index in [0.29, 0.717) is 6.61 Å². The van der Waals surface area contributed by atoms with Crippen LogP contribution in [0.1, 0.15) is 26.5 Å². The summed E-state index contributed by atoms with van der Waals surface area (Å²) in [5, 5.41) is 2.93. The SMILES string of the molecule is CCOC(=O)CN(CC)c1nc(CC)cs1. The molecule has 0 aliphatic rings. The topological polar surface area (TPSA) is 42.4 Å². The van der Waals surface area contributed by atoms with E-state index in [1.54, 1.807) is 11.3 Å². The number of carbonyl (C=O) groups is 1. The molecule has 16 heavy (non-hydrogen) atoms. The van der Waals surface area contributed by atoms with Crippen LogP contribution >= 0.6 is 11.3 Å². The van der Waals surface area contributed by atoms with Crippen LogP contribution in [0.25, 0.3) is 0 Å². The van der Waals surface area contributed by atoms with Gasteiger partial charge in [-0.2, -0.15) is 0 Å². The number of anilines is 1. The van der Waals surface area contributed by atoms with Crippen molar-refractivity contribution in [2.24, 2.45) is 0 Å². The molecule has 4 nitrogen and oxygen atoms in total. The number of nitrogens with zero attached hydrogens (tertiary/aromatic N) is 2. The highest BCUT2D eigenvalue weighted by molar-refractivity contribution is 7.13. The molecule has 0 aromatic carbocycles. The summed E-state index contributed by atoms with van der Waals surface area (Å²) < 4.78 is 4.93. The summed E-state index contributed by atoms with van der Waals surface area (Å²) in [5.74, 6) is -0.197. The number of thiazole rings is 1. The van der Waals surface area contributed by atoms with E-state index in [1.165, 1.54) is 0 Å². The van der Waals surface area contributed by atoms with Crippen molar-refractivity contribution in [3.05, 3.63) is 11.1 Å². The molecule has 5 heteroatoms. The molecule has 1 aromatic heterocycles. The van der Waals surface area contributed by atoms with E-state index < -0.39 is 0 Å². The summed E-state index contributed by atoms with van der Waals surface area (Å²) in [6, 6.07) is 0. The van der Waals surface area contributed by atoms with Gasteiger partial charge in [-0.15, -0.1) is 11.3 Å². The maximum absolute atomic E-state index is 11.4. The second-order valence-corrected chi connectivity index (χ2v) is 4.13. The Bertz CT molecular complexity index is 338. The van der Waals surface area contributed by atoms with E-state index in [-0.39, 0.29) is 12.5 Å². The monoisotopic (exact) mass is 242 g/mol. The molecule has 0 aliphatic heterocycles. The van der Waals surface area contributed by atoms with Gasteiger partial charge in [0, 0.05) is 11.9 Å². The van der Waals surface area contributed by atoms with Gasteiger partial charge in [0.05, 0.1) is 12.3 Å². The van der Waals surface area contributed by atoms with Crippen LogP contribution in [0.4, 0.5) is 5.13 Å². The second-order valence-electron chi connectivity index (χ2n) is 3.29. The predicted molar refractivity (Wildman–Crippen MR) is 66.0 cm³/mol. The van der Waals surface area contributed by atoms with Gasteiger partial charge in [-0.1, -0.05) is 6.92 Å². The van der Waals surface area contributed by atoms with Gasteiger partial charge in [-0.05, 0) is 20.3 Å². The number of aromatic nitrogens is 1. The maximum atomic E-state index is 11.4. The fourth-order valence-corrected chi connectivity index (χ4v) is 2.25. The van der Waals surface area contributed by atoms with Gasteiger partial charge in [0.2, 0.25) is 0 Å². The average Bonchev–Trinajstić information content (AvgIpc) is 2.74. The van der Waals surface area contributed by atoms with Crippen LogP contribution < -0.4 is 4.90 Å². The molecular formula is C11H18N2O2S. The Hall–Kier alpha value is -1.10. The lowest BCUT2D eigenvalue weighted by atomic mass is 10.4. The number of esters is 1. The summed E-state index contributed by atoms with van der Waals surface area (Å²) in [6.45, 7) is 7.35. The zero-order chi connectivity index (χ0) is 12.0. The molecule has 0 bridgehead atoms. The van der Waals surface area contributed by atoms with Crippen LogP contribution in [0.5, 0.6) is 0 Å². The minimum absolute atomic E-state index is 0.197. The smallest absolute Gasteiger partial charge is 0.325 e. The van der Waals surface area contributed by atoms with E-state index in [0.717, 1.165) is 23.8 Å². The third-order valence-electron chi connectivity index (χ3n) is 2.18. The van der Waals surface area contributed by atoms with Crippen molar-refractivity contribution >= 4 is 22.4 Å². The fraction of sp³-hybridized carbons (Fsp3) is 0.636. The Balaban J connectivity index is 2.63. The van der Waals surface area contributed by atoms with Crippen molar-refractivity contribution in [2.75, 3.05) is 24.6 Å². The number of rotatable bonds is 6. The molecule has 0 aliphatic carbocycles. The van der Waals surface area contributed by atoms with Crippen LogP contribution in [-0.4, -0.2) is 30.6 Å². The van der Waals surface area contributed by atoms with E-state index >= 15 is 0 Å². The Morgan fingerprint density at radius 3 is 2.75 bits per heavy atom. The Kier molecular flexibility index (Phi) is 5.25. The van der Waals surface area contributed by atoms with Crippen LogP contribution in [0.15, 0.2) is 5.38 Å². The lowest BCUT2D eigenvalue weighted by molar-refractivity contribution is -0.141. The molecular weight excluding hydrogens is 224 g/mol. The highest BCUT2D eigenvalue weighted by atomic mass is 32.1. The quantitative estimate of drug-likeness (QED) is 0.716. The van der Waals surface area contributed by atoms with Crippen LogP contribution in [-0.2, 0) is 16.0 Å². The predicted octanol–water partition coefficient (Wildman–Crippen LogP) is 2.09. The van der Waals surface area contributed by atoms with E-state index in [2.05, 4.69) is 11.9 Å². The Morgan fingerprint density at radius 2 is 2.25 bits per heavy atom. The summed E-state index contributed by atoms with van der Waals surface area (Å²) in [4.78, 5) is 17.8. The lowest BCUT2D eigenvalue weighted by Gasteiger charge is -2.18. The van der Waals surface area contributed by atoms with Crippen molar-refractivity contribution < 1.29 is 9.53 Å². The van der Waals surface area contributed by atoms with E-state index in [1.807, 2.05) is 24.1 Å². The molecule has 0 amide bonds. The standard InChI is InChI=1S/C11H18N2O2S/c1-4-9-8-16-11(12-9)13(5-2)7-10(14)15-6-3/h8H,4-7H2,1-3H3. The highest BCUT2D eigenvalue weighted by Gasteiger charge is 2.13. The summed E-state index contributed by atoms with van der Waals surface area (Å²) >= 11 is 1.57. The molecule has 0 N–H and O–H groups in total. The Labute approximate surface area is 100 Å². The minimum atomic E-state index is -0.197. The number of carbonyl (C=O) groups excluding carboxylic acids is 1. The first-order valence-electron chi connectivity index (χ1n) is 5.56. The third-order valence-corrected chi connectivity index (χ3v) is 3.13. The fourth-order valence-electron chi connectivity index (χ4n) is 1.28. The number of hydrogen-bond donors (Lipinski definition) is 0. The highest BCUT2D eigenvalue weighted by Crippen LogP contribution is 2.20. The van der Waals surface area contributed by atoms with Crippen LogP contribution in [0.2, 0.25) is 0 Å². The molecule has 90 valence electrons. The van der Waals surface area contributed by atoms with Crippen molar-refractivity contribution in [3.8, 4) is 0 Å². The first-order valence-corrected chi connectivity index (χ1v) is 6.44. The van der Waals surface area contributed by atoms with Gasteiger partial charge >= 0.3 is 5.97 Å². The number of hydrogen-bond acceptors (Lipinski definition) is 5. The molecule has 0 radical (unpaired) electrons. The molecule has 1 rings (SSSR count). The third kappa shape index (κ3) is 3.48. The van der Waals surface area contributed by atoms with Crippen LogP contribution in [0.3, 0.4) is 0 Å².